The standard InChI is InChI=1S/C20H25N5O2.ClH/c1-13-5-4-6-15(9-13)20(27)24-11-16-8-7-14(19(21)22)10-17(16)23-12-18(26)25(2)3;/h4-10,23H,11-12H2,1-3H3,(H3,21,22)(H,24,27);1H. The predicted octanol–water partition coefficient (Wildman–Crippen LogP) is 2.13. The molecule has 0 aromatic heterocycles. The Kier molecular flexibility index (Phi) is 8.47. The maximum absolute atomic E-state index is 12.4. The molecule has 0 fully saturated rings. The third-order valence-electron chi connectivity index (χ3n) is 4.07. The van der Waals surface area contributed by atoms with E-state index in [-0.39, 0.29) is 43.1 Å². The quantitative estimate of drug-likeness (QED) is 0.419. The fraction of sp³-hybridized carbons (Fsp3) is 0.250. The number of amides is 2. The summed E-state index contributed by atoms with van der Waals surface area (Å²) >= 11 is 0. The van der Waals surface area contributed by atoms with Gasteiger partial charge >= 0.3 is 0 Å². The fourth-order valence-corrected chi connectivity index (χ4v) is 2.46. The highest BCUT2D eigenvalue weighted by Crippen LogP contribution is 2.18. The molecule has 0 saturated carbocycles. The number of hydrogen-bond acceptors (Lipinski definition) is 4. The van der Waals surface area contributed by atoms with Crippen molar-refractivity contribution < 1.29 is 9.59 Å². The van der Waals surface area contributed by atoms with Crippen molar-refractivity contribution >= 4 is 35.7 Å². The van der Waals surface area contributed by atoms with Gasteiger partial charge in [0.25, 0.3) is 5.91 Å². The van der Waals surface area contributed by atoms with Crippen LogP contribution in [0.1, 0.15) is 27.0 Å². The summed E-state index contributed by atoms with van der Waals surface area (Å²) in [5.41, 5.74) is 9.16. The number of rotatable bonds is 7. The van der Waals surface area contributed by atoms with E-state index in [1.54, 1.807) is 38.4 Å². The van der Waals surface area contributed by atoms with Crippen molar-refractivity contribution in [3.8, 4) is 0 Å². The Labute approximate surface area is 171 Å². The number of carbonyl (C=O) groups excluding carboxylic acids is 2. The molecule has 28 heavy (non-hydrogen) atoms. The van der Waals surface area contributed by atoms with Gasteiger partial charge < -0.3 is 21.3 Å². The van der Waals surface area contributed by atoms with Gasteiger partial charge in [-0.05, 0) is 30.7 Å². The number of likely N-dealkylation sites (N-methyl/N-ethyl adjacent to an activating group) is 1. The first-order chi connectivity index (χ1) is 12.8. The van der Waals surface area contributed by atoms with E-state index in [4.69, 9.17) is 11.1 Å². The molecule has 0 bridgehead atoms. The highest BCUT2D eigenvalue weighted by molar-refractivity contribution is 5.96. The Bertz CT molecular complexity index is 867. The van der Waals surface area contributed by atoms with Gasteiger partial charge in [0.2, 0.25) is 5.91 Å². The first kappa shape index (κ1) is 23.0. The molecule has 0 aliphatic rings. The zero-order valence-electron chi connectivity index (χ0n) is 16.2. The topological polar surface area (TPSA) is 111 Å². The molecule has 5 N–H and O–H groups in total. The lowest BCUT2D eigenvalue weighted by molar-refractivity contribution is -0.126. The van der Waals surface area contributed by atoms with Crippen LogP contribution in [0.3, 0.4) is 0 Å². The largest absolute Gasteiger partial charge is 0.384 e. The van der Waals surface area contributed by atoms with Crippen LogP contribution in [0.25, 0.3) is 0 Å². The van der Waals surface area contributed by atoms with Crippen molar-refractivity contribution in [1.82, 2.24) is 10.2 Å². The third kappa shape index (κ3) is 6.28. The van der Waals surface area contributed by atoms with Crippen LogP contribution in [0.4, 0.5) is 5.69 Å². The van der Waals surface area contributed by atoms with Crippen LogP contribution in [-0.2, 0) is 11.3 Å². The first-order valence-corrected chi connectivity index (χ1v) is 8.54. The molecule has 0 spiro atoms. The normalized spacial score (nSPS) is 9.82. The highest BCUT2D eigenvalue weighted by Gasteiger charge is 2.11. The zero-order chi connectivity index (χ0) is 20.0. The number of nitrogens with zero attached hydrogens (tertiary/aromatic N) is 1. The van der Waals surface area contributed by atoms with E-state index in [0.29, 0.717) is 16.8 Å². The van der Waals surface area contributed by atoms with Gasteiger partial charge in [-0.15, -0.1) is 12.4 Å². The third-order valence-corrected chi connectivity index (χ3v) is 4.07. The monoisotopic (exact) mass is 403 g/mol. The summed E-state index contributed by atoms with van der Waals surface area (Å²) in [6.45, 7) is 2.32. The van der Waals surface area contributed by atoms with Crippen molar-refractivity contribution in [2.24, 2.45) is 5.73 Å². The van der Waals surface area contributed by atoms with E-state index in [1.165, 1.54) is 4.90 Å². The molecule has 2 aromatic rings. The Morgan fingerprint density at radius 1 is 1.11 bits per heavy atom. The second kappa shape index (κ2) is 10.3. The number of nitrogens with one attached hydrogen (secondary N) is 3. The van der Waals surface area contributed by atoms with E-state index in [0.717, 1.165) is 11.1 Å². The van der Waals surface area contributed by atoms with E-state index in [1.807, 2.05) is 25.1 Å². The number of hydrogen-bond donors (Lipinski definition) is 4. The molecular weight excluding hydrogens is 378 g/mol. The Morgan fingerprint density at radius 3 is 2.43 bits per heavy atom. The molecule has 8 heteroatoms. The van der Waals surface area contributed by atoms with E-state index in [9.17, 15) is 9.59 Å². The minimum absolute atomic E-state index is 0. The molecule has 0 aliphatic heterocycles. The van der Waals surface area contributed by atoms with Gasteiger partial charge in [0.1, 0.15) is 5.84 Å². The van der Waals surface area contributed by atoms with Gasteiger partial charge in [-0.3, -0.25) is 15.0 Å². The number of nitrogen functional groups attached to an aromatic ring is 1. The van der Waals surface area contributed by atoms with E-state index >= 15 is 0 Å². The zero-order valence-corrected chi connectivity index (χ0v) is 17.0. The van der Waals surface area contributed by atoms with Crippen molar-refractivity contribution in [3.05, 3.63) is 64.7 Å². The van der Waals surface area contributed by atoms with Crippen molar-refractivity contribution in [2.45, 2.75) is 13.5 Å². The molecule has 0 unspecified atom stereocenters. The average molecular weight is 404 g/mol. The molecule has 0 saturated heterocycles. The number of amidine groups is 1. The van der Waals surface area contributed by atoms with Crippen LogP contribution in [-0.4, -0.2) is 43.2 Å². The summed E-state index contributed by atoms with van der Waals surface area (Å²) in [6, 6.07) is 12.6. The molecule has 7 nitrogen and oxygen atoms in total. The van der Waals surface area contributed by atoms with Crippen LogP contribution < -0.4 is 16.4 Å². The first-order valence-electron chi connectivity index (χ1n) is 8.54. The molecule has 2 aromatic carbocycles. The van der Waals surface area contributed by atoms with E-state index in [2.05, 4.69) is 10.6 Å². The molecule has 2 rings (SSSR count). The van der Waals surface area contributed by atoms with Crippen LogP contribution in [0.15, 0.2) is 42.5 Å². The maximum Gasteiger partial charge on any atom is 0.251 e. The van der Waals surface area contributed by atoms with Crippen LogP contribution in [0.2, 0.25) is 0 Å². The lowest BCUT2D eigenvalue weighted by Crippen LogP contribution is -2.29. The maximum atomic E-state index is 12.4. The molecule has 150 valence electrons. The number of anilines is 1. The summed E-state index contributed by atoms with van der Waals surface area (Å²) in [7, 11) is 3.36. The van der Waals surface area contributed by atoms with Gasteiger partial charge in [-0.2, -0.15) is 0 Å². The highest BCUT2D eigenvalue weighted by atomic mass is 35.5. The van der Waals surface area contributed by atoms with Crippen LogP contribution in [0.5, 0.6) is 0 Å². The van der Waals surface area contributed by atoms with Gasteiger partial charge in [0.15, 0.2) is 0 Å². The number of halogens is 1. The molecule has 2 amide bonds. The molecule has 0 radical (unpaired) electrons. The smallest absolute Gasteiger partial charge is 0.251 e. The van der Waals surface area contributed by atoms with Gasteiger partial charge in [0, 0.05) is 37.5 Å². The Morgan fingerprint density at radius 2 is 1.82 bits per heavy atom. The summed E-state index contributed by atoms with van der Waals surface area (Å²) in [5.74, 6) is -0.324. The minimum atomic E-state index is -0.176. The van der Waals surface area contributed by atoms with Crippen molar-refractivity contribution in [2.75, 3.05) is 26.0 Å². The van der Waals surface area contributed by atoms with Crippen molar-refractivity contribution in [3.63, 3.8) is 0 Å². The summed E-state index contributed by atoms with van der Waals surface area (Å²) in [6.07, 6.45) is 0. The lowest BCUT2D eigenvalue weighted by Gasteiger charge is -2.16. The second-order valence-electron chi connectivity index (χ2n) is 6.48. The summed E-state index contributed by atoms with van der Waals surface area (Å²) in [4.78, 5) is 25.7. The summed E-state index contributed by atoms with van der Waals surface area (Å²) in [5, 5.41) is 13.5. The van der Waals surface area contributed by atoms with Crippen molar-refractivity contribution in [1.29, 1.82) is 5.41 Å². The predicted molar refractivity (Wildman–Crippen MR) is 114 cm³/mol. The number of benzene rings is 2. The van der Waals surface area contributed by atoms with E-state index < -0.39 is 0 Å². The SMILES string of the molecule is Cc1cccc(C(=O)NCc2ccc(C(=N)N)cc2NCC(=O)N(C)C)c1.Cl. The number of aryl methyl sites for hydroxylation is 1. The molecular formula is C20H26ClN5O2. The lowest BCUT2D eigenvalue weighted by atomic mass is 10.1. The van der Waals surface area contributed by atoms with Gasteiger partial charge in [0.05, 0.1) is 6.54 Å². The summed E-state index contributed by atoms with van der Waals surface area (Å²) < 4.78 is 0. The Balaban J connectivity index is 0.00000392. The second-order valence-corrected chi connectivity index (χ2v) is 6.48. The Hall–Kier alpha value is -3.06. The fourth-order valence-electron chi connectivity index (χ4n) is 2.46. The molecule has 0 aliphatic carbocycles. The molecule has 0 atom stereocenters. The minimum Gasteiger partial charge on any atom is -0.384 e. The number of nitrogens with two attached hydrogens (primary N) is 1. The number of carbonyl (C=O) groups is 2. The van der Waals surface area contributed by atoms with Crippen LogP contribution in [0, 0.1) is 12.3 Å². The average Bonchev–Trinajstić information content (AvgIpc) is 2.64. The molecule has 0 heterocycles. The van der Waals surface area contributed by atoms with Crippen LogP contribution >= 0.6 is 12.4 Å². The van der Waals surface area contributed by atoms with Gasteiger partial charge in [-0.1, -0.05) is 29.8 Å². The van der Waals surface area contributed by atoms with Gasteiger partial charge in [-0.25, -0.2) is 0 Å².